The average molecular weight is 440 g/mol. The molecule has 0 saturated carbocycles. The first-order chi connectivity index (χ1) is 15.0. The average Bonchev–Trinajstić information content (AvgIpc) is 3.19. The van der Waals surface area contributed by atoms with E-state index < -0.39 is 0 Å². The number of thiocarbonyl (C=S) groups is 1. The highest BCUT2D eigenvalue weighted by molar-refractivity contribution is 7.80. The SMILES string of the molecule is CCCCCC(=O)NC(=S)Nc1ccc(NC(=O)c2cc3ccccc3o2)c(OC)c1. The lowest BCUT2D eigenvalue weighted by Gasteiger charge is -2.13. The number of fused-ring (bicyclic) bond motifs is 1. The van der Waals surface area contributed by atoms with Gasteiger partial charge in [0, 0.05) is 23.6 Å². The fraction of sp³-hybridized carbons (Fsp3) is 0.261. The van der Waals surface area contributed by atoms with Gasteiger partial charge in [-0.05, 0) is 42.9 Å². The number of nitrogens with one attached hydrogen (secondary N) is 3. The topological polar surface area (TPSA) is 92.6 Å². The number of amides is 2. The number of benzene rings is 2. The molecule has 31 heavy (non-hydrogen) atoms. The summed E-state index contributed by atoms with van der Waals surface area (Å²) in [5, 5.41) is 9.47. The molecule has 2 aromatic carbocycles. The van der Waals surface area contributed by atoms with Crippen LogP contribution >= 0.6 is 12.2 Å². The van der Waals surface area contributed by atoms with Crippen LogP contribution in [0.3, 0.4) is 0 Å². The highest BCUT2D eigenvalue weighted by Gasteiger charge is 2.15. The van der Waals surface area contributed by atoms with Gasteiger partial charge in [0.2, 0.25) is 5.91 Å². The molecule has 162 valence electrons. The molecule has 7 nitrogen and oxygen atoms in total. The van der Waals surface area contributed by atoms with Gasteiger partial charge in [-0.15, -0.1) is 0 Å². The Hall–Kier alpha value is -3.39. The van der Waals surface area contributed by atoms with Crippen LogP contribution in [-0.4, -0.2) is 24.0 Å². The maximum absolute atomic E-state index is 12.6. The minimum atomic E-state index is -0.384. The molecule has 0 spiro atoms. The number of hydrogen-bond acceptors (Lipinski definition) is 5. The van der Waals surface area contributed by atoms with Crippen molar-refractivity contribution in [3.05, 3.63) is 54.3 Å². The molecule has 0 aliphatic heterocycles. The van der Waals surface area contributed by atoms with Crippen molar-refractivity contribution in [3.63, 3.8) is 0 Å². The summed E-state index contributed by atoms with van der Waals surface area (Å²) in [7, 11) is 1.50. The van der Waals surface area contributed by atoms with E-state index in [9.17, 15) is 9.59 Å². The largest absolute Gasteiger partial charge is 0.494 e. The predicted molar refractivity (Wildman–Crippen MR) is 126 cm³/mol. The molecule has 0 aliphatic carbocycles. The summed E-state index contributed by atoms with van der Waals surface area (Å²) in [6.07, 6.45) is 3.32. The minimum Gasteiger partial charge on any atom is -0.494 e. The Morgan fingerprint density at radius 2 is 1.87 bits per heavy atom. The Bertz CT molecular complexity index is 1060. The Morgan fingerprint density at radius 3 is 2.61 bits per heavy atom. The molecule has 0 saturated heterocycles. The molecular formula is C23H25N3O4S. The van der Waals surface area contributed by atoms with Crippen LogP contribution in [0, 0.1) is 0 Å². The van der Waals surface area contributed by atoms with Crippen LogP contribution in [0.2, 0.25) is 0 Å². The third kappa shape index (κ3) is 6.05. The van der Waals surface area contributed by atoms with Gasteiger partial charge in [0.15, 0.2) is 10.9 Å². The number of hydrogen-bond donors (Lipinski definition) is 3. The van der Waals surface area contributed by atoms with Gasteiger partial charge in [0.1, 0.15) is 11.3 Å². The zero-order chi connectivity index (χ0) is 22.2. The van der Waals surface area contributed by atoms with Gasteiger partial charge < -0.3 is 25.1 Å². The van der Waals surface area contributed by atoms with E-state index in [1.807, 2.05) is 18.2 Å². The van der Waals surface area contributed by atoms with Crippen LogP contribution in [-0.2, 0) is 4.79 Å². The fourth-order valence-corrected chi connectivity index (χ4v) is 3.27. The summed E-state index contributed by atoms with van der Waals surface area (Å²) in [5.74, 6) is 0.140. The molecule has 0 aliphatic rings. The van der Waals surface area contributed by atoms with Crippen molar-refractivity contribution in [1.29, 1.82) is 0 Å². The standard InChI is InChI=1S/C23H25N3O4S/c1-3-4-5-10-21(27)26-23(31)24-16-11-12-17(19(14-16)29-2)25-22(28)20-13-15-8-6-7-9-18(15)30-20/h6-9,11-14H,3-5,10H2,1-2H3,(H,25,28)(H2,24,26,27,31). The second-order valence-corrected chi connectivity index (χ2v) is 7.39. The van der Waals surface area contributed by atoms with E-state index in [-0.39, 0.29) is 22.7 Å². The van der Waals surface area contributed by atoms with E-state index in [0.29, 0.717) is 29.1 Å². The van der Waals surface area contributed by atoms with Crippen LogP contribution in [0.15, 0.2) is 52.9 Å². The maximum Gasteiger partial charge on any atom is 0.291 e. The van der Waals surface area contributed by atoms with Gasteiger partial charge >= 0.3 is 0 Å². The number of carbonyl (C=O) groups excluding carboxylic acids is 2. The van der Waals surface area contributed by atoms with Crippen molar-refractivity contribution in [1.82, 2.24) is 5.32 Å². The lowest BCUT2D eigenvalue weighted by atomic mass is 10.2. The van der Waals surface area contributed by atoms with Crippen molar-refractivity contribution in [2.24, 2.45) is 0 Å². The second-order valence-electron chi connectivity index (χ2n) is 6.98. The van der Waals surface area contributed by atoms with Gasteiger partial charge in [-0.3, -0.25) is 9.59 Å². The molecule has 1 heterocycles. The smallest absolute Gasteiger partial charge is 0.291 e. The number of furan rings is 1. The first-order valence-electron chi connectivity index (χ1n) is 10.1. The van der Waals surface area contributed by atoms with Crippen LogP contribution < -0.4 is 20.7 Å². The quantitative estimate of drug-likeness (QED) is 0.335. The normalized spacial score (nSPS) is 10.5. The predicted octanol–water partition coefficient (Wildman–Crippen LogP) is 5.09. The Morgan fingerprint density at radius 1 is 1.06 bits per heavy atom. The van der Waals surface area contributed by atoms with Gasteiger partial charge in [0.25, 0.3) is 5.91 Å². The van der Waals surface area contributed by atoms with Gasteiger partial charge in [0.05, 0.1) is 12.8 Å². The number of ether oxygens (including phenoxy) is 1. The van der Waals surface area contributed by atoms with Crippen molar-refractivity contribution < 1.29 is 18.7 Å². The molecule has 3 aromatic rings. The molecule has 1 aromatic heterocycles. The molecule has 3 rings (SSSR count). The van der Waals surface area contributed by atoms with Crippen LogP contribution in [0.1, 0.15) is 43.2 Å². The van der Waals surface area contributed by atoms with E-state index in [2.05, 4.69) is 22.9 Å². The van der Waals surface area contributed by atoms with Crippen molar-refractivity contribution in [2.45, 2.75) is 32.6 Å². The summed E-state index contributed by atoms with van der Waals surface area (Å²) in [5.41, 5.74) is 1.75. The monoisotopic (exact) mass is 439 g/mol. The zero-order valence-electron chi connectivity index (χ0n) is 17.5. The summed E-state index contributed by atoms with van der Waals surface area (Å²) >= 11 is 5.20. The number of methoxy groups -OCH3 is 1. The Kier molecular flexibility index (Phi) is 7.61. The molecule has 3 N–H and O–H groups in total. The Balaban J connectivity index is 1.63. The highest BCUT2D eigenvalue weighted by atomic mass is 32.1. The number of anilines is 2. The lowest BCUT2D eigenvalue weighted by molar-refractivity contribution is -0.119. The maximum atomic E-state index is 12.6. The molecule has 0 bridgehead atoms. The zero-order valence-corrected chi connectivity index (χ0v) is 18.3. The summed E-state index contributed by atoms with van der Waals surface area (Å²) in [4.78, 5) is 24.5. The van der Waals surface area contributed by atoms with E-state index in [0.717, 1.165) is 24.6 Å². The molecule has 0 radical (unpaired) electrons. The van der Waals surface area contributed by atoms with Gasteiger partial charge in [-0.2, -0.15) is 0 Å². The molecule has 0 unspecified atom stereocenters. The molecule has 2 amide bonds. The second kappa shape index (κ2) is 10.6. The van der Waals surface area contributed by atoms with E-state index in [1.54, 1.807) is 30.3 Å². The summed E-state index contributed by atoms with van der Waals surface area (Å²) in [6.45, 7) is 2.08. The van der Waals surface area contributed by atoms with Crippen LogP contribution in [0.5, 0.6) is 5.75 Å². The summed E-state index contributed by atoms with van der Waals surface area (Å²) < 4.78 is 11.0. The molecule has 0 atom stereocenters. The van der Waals surface area contributed by atoms with Crippen molar-refractivity contribution in [3.8, 4) is 5.75 Å². The fourth-order valence-electron chi connectivity index (χ4n) is 3.04. The number of carbonyl (C=O) groups is 2. The highest BCUT2D eigenvalue weighted by Crippen LogP contribution is 2.29. The summed E-state index contributed by atoms with van der Waals surface area (Å²) in [6, 6.07) is 14.2. The van der Waals surface area contributed by atoms with E-state index in [1.165, 1.54) is 7.11 Å². The van der Waals surface area contributed by atoms with Crippen LogP contribution in [0.25, 0.3) is 11.0 Å². The molecule has 0 fully saturated rings. The third-order valence-corrected chi connectivity index (χ3v) is 4.82. The first-order valence-corrected chi connectivity index (χ1v) is 10.5. The third-order valence-electron chi connectivity index (χ3n) is 4.62. The van der Waals surface area contributed by atoms with Crippen molar-refractivity contribution >= 4 is 51.5 Å². The van der Waals surface area contributed by atoms with Crippen molar-refractivity contribution in [2.75, 3.05) is 17.7 Å². The number of para-hydroxylation sites is 1. The number of unbranched alkanes of at least 4 members (excludes halogenated alkanes) is 2. The Labute approximate surface area is 186 Å². The van der Waals surface area contributed by atoms with E-state index >= 15 is 0 Å². The van der Waals surface area contributed by atoms with Gasteiger partial charge in [-0.1, -0.05) is 38.0 Å². The van der Waals surface area contributed by atoms with Crippen LogP contribution in [0.4, 0.5) is 11.4 Å². The molecular weight excluding hydrogens is 414 g/mol. The number of rotatable bonds is 8. The first kappa shape index (κ1) is 22.3. The van der Waals surface area contributed by atoms with Gasteiger partial charge in [-0.25, -0.2) is 0 Å². The minimum absolute atomic E-state index is 0.118. The van der Waals surface area contributed by atoms with E-state index in [4.69, 9.17) is 21.4 Å². The molecule has 8 heteroatoms. The lowest BCUT2D eigenvalue weighted by Crippen LogP contribution is -2.33.